The first-order chi connectivity index (χ1) is 8.83. The molecule has 1 fully saturated rings. The van der Waals surface area contributed by atoms with E-state index in [4.69, 9.17) is 0 Å². The second-order valence-corrected chi connectivity index (χ2v) is 5.24. The number of nitrogens with one attached hydrogen (secondary N) is 1. The van der Waals surface area contributed by atoms with Gasteiger partial charge in [0.25, 0.3) is 0 Å². The molecule has 1 saturated heterocycles. The van der Waals surface area contributed by atoms with Gasteiger partial charge >= 0.3 is 0 Å². The van der Waals surface area contributed by atoms with Crippen LogP contribution >= 0.6 is 0 Å². The highest BCUT2D eigenvalue weighted by atomic mass is 15.2. The molecule has 2 heterocycles. The Kier molecular flexibility index (Phi) is 5.14. The lowest BCUT2D eigenvalue weighted by molar-refractivity contribution is 0.115. The molecule has 0 saturated carbocycles. The van der Waals surface area contributed by atoms with E-state index in [2.05, 4.69) is 41.2 Å². The Hall–Kier alpha value is -0.930. The average Bonchev–Trinajstić information content (AvgIpc) is 2.41. The van der Waals surface area contributed by atoms with Crippen LogP contribution in [0.15, 0.2) is 24.5 Å². The normalized spacial score (nSPS) is 25.2. The average molecular weight is 247 g/mol. The van der Waals surface area contributed by atoms with Crippen molar-refractivity contribution in [2.75, 3.05) is 13.1 Å². The van der Waals surface area contributed by atoms with Gasteiger partial charge < -0.3 is 5.32 Å². The Bertz CT molecular complexity index is 339. The van der Waals surface area contributed by atoms with E-state index in [0.29, 0.717) is 12.1 Å². The number of aromatic nitrogens is 1. The summed E-state index contributed by atoms with van der Waals surface area (Å²) >= 11 is 0. The van der Waals surface area contributed by atoms with Gasteiger partial charge in [-0.15, -0.1) is 0 Å². The van der Waals surface area contributed by atoms with Crippen LogP contribution in [0.1, 0.15) is 38.7 Å². The van der Waals surface area contributed by atoms with E-state index in [0.717, 1.165) is 13.1 Å². The first-order valence-corrected chi connectivity index (χ1v) is 7.19. The Labute approximate surface area is 111 Å². The highest BCUT2D eigenvalue weighted by Crippen LogP contribution is 2.16. The lowest BCUT2D eigenvalue weighted by Crippen LogP contribution is -2.55. The lowest BCUT2D eigenvalue weighted by Gasteiger charge is -2.40. The molecule has 1 aliphatic heterocycles. The van der Waals surface area contributed by atoms with Crippen LogP contribution in [-0.2, 0) is 6.54 Å². The van der Waals surface area contributed by atoms with E-state index in [1.165, 1.54) is 31.4 Å². The Morgan fingerprint density at radius 1 is 1.33 bits per heavy atom. The maximum Gasteiger partial charge on any atom is 0.0271 e. The SMILES string of the molecule is CCCC1CN(Cc2ccncc2)C(CC)CN1. The molecule has 2 atom stereocenters. The zero-order valence-corrected chi connectivity index (χ0v) is 11.6. The first kappa shape index (κ1) is 13.5. The molecule has 100 valence electrons. The fraction of sp³-hybridized carbons (Fsp3) is 0.667. The van der Waals surface area contributed by atoms with Gasteiger partial charge in [-0.05, 0) is 30.5 Å². The molecule has 3 nitrogen and oxygen atoms in total. The molecule has 2 unspecified atom stereocenters. The lowest BCUT2D eigenvalue weighted by atomic mass is 10.0. The topological polar surface area (TPSA) is 28.2 Å². The predicted octanol–water partition coefficient (Wildman–Crippen LogP) is 2.43. The quantitative estimate of drug-likeness (QED) is 0.866. The Morgan fingerprint density at radius 2 is 2.11 bits per heavy atom. The summed E-state index contributed by atoms with van der Waals surface area (Å²) in [5, 5.41) is 3.68. The minimum absolute atomic E-state index is 0.666. The Balaban J connectivity index is 1.98. The van der Waals surface area contributed by atoms with Gasteiger partial charge in [0.15, 0.2) is 0 Å². The zero-order valence-electron chi connectivity index (χ0n) is 11.6. The van der Waals surface area contributed by atoms with Gasteiger partial charge in [0.05, 0.1) is 0 Å². The van der Waals surface area contributed by atoms with Gasteiger partial charge in [-0.3, -0.25) is 9.88 Å². The van der Waals surface area contributed by atoms with Crippen molar-refractivity contribution in [2.24, 2.45) is 0 Å². The van der Waals surface area contributed by atoms with Gasteiger partial charge in [0.1, 0.15) is 0 Å². The number of hydrogen-bond donors (Lipinski definition) is 1. The Morgan fingerprint density at radius 3 is 2.78 bits per heavy atom. The minimum Gasteiger partial charge on any atom is -0.311 e. The van der Waals surface area contributed by atoms with Gasteiger partial charge in [0.2, 0.25) is 0 Å². The van der Waals surface area contributed by atoms with Crippen molar-refractivity contribution in [1.29, 1.82) is 0 Å². The van der Waals surface area contributed by atoms with Crippen molar-refractivity contribution in [3.8, 4) is 0 Å². The van der Waals surface area contributed by atoms with Gasteiger partial charge in [-0.25, -0.2) is 0 Å². The number of hydrogen-bond acceptors (Lipinski definition) is 3. The minimum atomic E-state index is 0.666. The van der Waals surface area contributed by atoms with Crippen LogP contribution < -0.4 is 5.32 Å². The highest BCUT2D eigenvalue weighted by Gasteiger charge is 2.25. The zero-order chi connectivity index (χ0) is 12.8. The van der Waals surface area contributed by atoms with Crippen molar-refractivity contribution in [3.63, 3.8) is 0 Å². The van der Waals surface area contributed by atoms with E-state index in [9.17, 15) is 0 Å². The van der Waals surface area contributed by atoms with Crippen molar-refractivity contribution in [2.45, 2.75) is 51.7 Å². The standard InChI is InChI=1S/C15H25N3/c1-3-5-14-12-18(15(4-2)10-17-14)11-13-6-8-16-9-7-13/h6-9,14-15,17H,3-5,10-12H2,1-2H3. The van der Waals surface area contributed by atoms with E-state index >= 15 is 0 Å². The third-order valence-electron chi connectivity index (χ3n) is 3.86. The van der Waals surface area contributed by atoms with Crippen LogP contribution in [0.25, 0.3) is 0 Å². The van der Waals surface area contributed by atoms with Crippen molar-refractivity contribution in [1.82, 2.24) is 15.2 Å². The largest absolute Gasteiger partial charge is 0.311 e. The third-order valence-corrected chi connectivity index (χ3v) is 3.86. The second kappa shape index (κ2) is 6.86. The molecule has 3 heteroatoms. The maximum absolute atomic E-state index is 4.09. The van der Waals surface area contributed by atoms with Crippen LogP contribution in [0, 0.1) is 0 Å². The fourth-order valence-corrected chi connectivity index (χ4v) is 2.79. The predicted molar refractivity (Wildman–Crippen MR) is 75.4 cm³/mol. The monoisotopic (exact) mass is 247 g/mol. The van der Waals surface area contributed by atoms with Crippen molar-refractivity contribution in [3.05, 3.63) is 30.1 Å². The van der Waals surface area contributed by atoms with Crippen LogP contribution in [0.4, 0.5) is 0 Å². The summed E-state index contributed by atoms with van der Waals surface area (Å²) in [6.45, 7) is 7.91. The summed E-state index contributed by atoms with van der Waals surface area (Å²) < 4.78 is 0. The van der Waals surface area contributed by atoms with E-state index in [1.807, 2.05) is 12.4 Å². The first-order valence-electron chi connectivity index (χ1n) is 7.19. The summed E-state index contributed by atoms with van der Waals surface area (Å²) in [6.07, 6.45) is 7.54. The third kappa shape index (κ3) is 3.53. The van der Waals surface area contributed by atoms with E-state index in [-0.39, 0.29) is 0 Å². The van der Waals surface area contributed by atoms with Gasteiger partial charge in [0, 0.05) is 44.1 Å². The molecule has 0 spiro atoms. The molecule has 1 aromatic heterocycles. The number of piperazine rings is 1. The molecule has 1 N–H and O–H groups in total. The second-order valence-electron chi connectivity index (χ2n) is 5.24. The van der Waals surface area contributed by atoms with E-state index in [1.54, 1.807) is 0 Å². The smallest absolute Gasteiger partial charge is 0.0271 e. The van der Waals surface area contributed by atoms with Crippen LogP contribution in [0.2, 0.25) is 0 Å². The molecule has 0 amide bonds. The molecule has 1 aromatic rings. The van der Waals surface area contributed by atoms with Crippen LogP contribution in [0.5, 0.6) is 0 Å². The highest BCUT2D eigenvalue weighted by molar-refractivity contribution is 5.10. The molecule has 0 aromatic carbocycles. The molecular weight excluding hydrogens is 222 g/mol. The molecule has 2 rings (SSSR count). The molecule has 0 radical (unpaired) electrons. The summed E-state index contributed by atoms with van der Waals surface area (Å²) in [6, 6.07) is 5.60. The van der Waals surface area contributed by atoms with Crippen molar-refractivity contribution >= 4 is 0 Å². The molecule has 1 aliphatic rings. The summed E-state index contributed by atoms with van der Waals surface area (Å²) in [5.41, 5.74) is 1.38. The number of nitrogens with zero attached hydrogens (tertiary/aromatic N) is 2. The summed E-state index contributed by atoms with van der Waals surface area (Å²) in [5.74, 6) is 0. The molecule has 0 aliphatic carbocycles. The number of rotatable bonds is 5. The maximum atomic E-state index is 4.09. The van der Waals surface area contributed by atoms with Gasteiger partial charge in [-0.2, -0.15) is 0 Å². The summed E-state index contributed by atoms with van der Waals surface area (Å²) in [7, 11) is 0. The van der Waals surface area contributed by atoms with Gasteiger partial charge in [-0.1, -0.05) is 20.3 Å². The van der Waals surface area contributed by atoms with Crippen molar-refractivity contribution < 1.29 is 0 Å². The molecule has 0 bridgehead atoms. The number of pyridine rings is 1. The van der Waals surface area contributed by atoms with Crippen LogP contribution in [0.3, 0.4) is 0 Å². The molecule has 18 heavy (non-hydrogen) atoms. The van der Waals surface area contributed by atoms with E-state index < -0.39 is 0 Å². The van der Waals surface area contributed by atoms with Crippen LogP contribution in [-0.4, -0.2) is 35.1 Å². The molecular formula is C15H25N3. The fourth-order valence-electron chi connectivity index (χ4n) is 2.79. The summed E-state index contributed by atoms with van der Waals surface area (Å²) in [4.78, 5) is 6.72.